The van der Waals surface area contributed by atoms with Gasteiger partial charge in [-0.3, -0.25) is 9.59 Å². The van der Waals surface area contributed by atoms with Crippen LogP contribution in [0.3, 0.4) is 0 Å². The normalized spacial score (nSPS) is 10.4. The van der Waals surface area contributed by atoms with Crippen LogP contribution in [0, 0.1) is 0 Å². The van der Waals surface area contributed by atoms with E-state index in [1.54, 1.807) is 24.3 Å². The Bertz CT molecular complexity index is 1090. The zero-order valence-corrected chi connectivity index (χ0v) is 14.9. The highest BCUT2D eigenvalue weighted by Crippen LogP contribution is 2.13. The molecule has 0 spiro atoms. The summed E-state index contributed by atoms with van der Waals surface area (Å²) in [5.74, 6) is -0.436. The van der Waals surface area contributed by atoms with Crippen molar-refractivity contribution in [1.82, 2.24) is 14.3 Å². The summed E-state index contributed by atoms with van der Waals surface area (Å²) in [7, 11) is 1.32. The molecule has 1 heterocycles. The molecular formula is C19H18N4O4. The number of hydrogen-bond donors (Lipinski definition) is 1. The van der Waals surface area contributed by atoms with Gasteiger partial charge in [-0.2, -0.15) is 4.68 Å². The van der Waals surface area contributed by atoms with Gasteiger partial charge in [-0.15, -0.1) is 5.10 Å². The van der Waals surface area contributed by atoms with Gasteiger partial charge in [0, 0.05) is 12.6 Å². The number of carbonyl (C=O) groups is 1. The highest BCUT2D eigenvalue weighted by molar-refractivity contribution is 5.88. The Morgan fingerprint density at radius 1 is 1.11 bits per heavy atom. The molecule has 0 aliphatic carbocycles. The van der Waals surface area contributed by atoms with Gasteiger partial charge in [0.05, 0.1) is 19.3 Å². The highest BCUT2D eigenvalue weighted by atomic mass is 16.5. The van der Waals surface area contributed by atoms with E-state index in [0.29, 0.717) is 11.4 Å². The predicted molar refractivity (Wildman–Crippen MR) is 100 cm³/mol. The van der Waals surface area contributed by atoms with Crippen LogP contribution >= 0.6 is 0 Å². The Labute approximate surface area is 154 Å². The van der Waals surface area contributed by atoms with Crippen LogP contribution in [-0.2, 0) is 11.3 Å². The second-order valence-corrected chi connectivity index (χ2v) is 5.81. The molecule has 1 N–H and O–H groups in total. The summed E-state index contributed by atoms with van der Waals surface area (Å²) in [5, 5.41) is 6.67. The van der Waals surface area contributed by atoms with Crippen molar-refractivity contribution < 1.29 is 9.53 Å². The van der Waals surface area contributed by atoms with E-state index in [9.17, 15) is 14.4 Å². The van der Waals surface area contributed by atoms with Crippen LogP contribution in [0.15, 0.2) is 64.2 Å². The van der Waals surface area contributed by atoms with Crippen molar-refractivity contribution >= 4 is 11.6 Å². The van der Waals surface area contributed by atoms with Crippen molar-refractivity contribution in [2.45, 2.75) is 13.5 Å². The van der Waals surface area contributed by atoms with Gasteiger partial charge in [0.15, 0.2) is 0 Å². The van der Waals surface area contributed by atoms with Crippen molar-refractivity contribution in [3.63, 3.8) is 0 Å². The van der Waals surface area contributed by atoms with Crippen LogP contribution in [0.4, 0.5) is 5.69 Å². The monoisotopic (exact) mass is 366 g/mol. The van der Waals surface area contributed by atoms with E-state index in [-0.39, 0.29) is 18.3 Å². The lowest BCUT2D eigenvalue weighted by molar-refractivity contribution is -0.114. The minimum Gasteiger partial charge on any atom is -0.476 e. The topological polar surface area (TPSA) is 95.2 Å². The first-order valence-electron chi connectivity index (χ1n) is 8.19. The van der Waals surface area contributed by atoms with Gasteiger partial charge in [-0.05, 0) is 23.8 Å². The number of carbonyl (C=O) groups excluding carboxylic acids is 1. The van der Waals surface area contributed by atoms with Crippen molar-refractivity contribution in [1.29, 1.82) is 0 Å². The molecule has 2 aromatic carbocycles. The van der Waals surface area contributed by atoms with Gasteiger partial charge in [-0.1, -0.05) is 36.4 Å². The zero-order valence-electron chi connectivity index (χ0n) is 14.9. The molecule has 0 unspecified atom stereocenters. The van der Waals surface area contributed by atoms with E-state index >= 15 is 0 Å². The lowest BCUT2D eigenvalue weighted by Gasteiger charge is -2.12. The maximum atomic E-state index is 12.9. The van der Waals surface area contributed by atoms with Crippen LogP contribution in [-0.4, -0.2) is 27.4 Å². The molecule has 0 saturated heterocycles. The summed E-state index contributed by atoms with van der Waals surface area (Å²) in [4.78, 5) is 36.7. The molecular weight excluding hydrogens is 348 g/mol. The molecule has 1 aromatic heterocycles. The van der Waals surface area contributed by atoms with Crippen LogP contribution in [0.25, 0.3) is 5.69 Å². The average Bonchev–Trinajstić information content (AvgIpc) is 2.66. The van der Waals surface area contributed by atoms with E-state index in [4.69, 9.17) is 4.74 Å². The lowest BCUT2D eigenvalue weighted by atomic mass is 10.2. The molecule has 0 atom stereocenters. The molecule has 0 saturated carbocycles. The van der Waals surface area contributed by atoms with Crippen LogP contribution in [0.1, 0.15) is 12.5 Å². The fourth-order valence-corrected chi connectivity index (χ4v) is 2.61. The summed E-state index contributed by atoms with van der Waals surface area (Å²) >= 11 is 0. The number of anilines is 1. The Hall–Kier alpha value is -3.68. The standard InChI is InChI=1S/C19H18N4O4/c1-13(24)20-15-9-6-10-16(11-15)23-19(26)22(18(25)17(21-23)27-2)12-14-7-4-3-5-8-14/h3-11H,12H2,1-2H3,(H,20,24). The minimum atomic E-state index is -0.611. The average molecular weight is 366 g/mol. The van der Waals surface area contributed by atoms with Crippen molar-refractivity contribution in [3.05, 3.63) is 81.0 Å². The van der Waals surface area contributed by atoms with Crippen LogP contribution in [0.2, 0.25) is 0 Å². The number of aromatic nitrogens is 3. The molecule has 1 amide bonds. The molecule has 0 aliphatic heterocycles. The molecule has 0 fully saturated rings. The summed E-state index contributed by atoms with van der Waals surface area (Å²) < 4.78 is 7.20. The lowest BCUT2D eigenvalue weighted by Crippen LogP contribution is -2.41. The minimum absolute atomic E-state index is 0.0861. The number of methoxy groups -OCH3 is 1. The summed E-state index contributed by atoms with van der Waals surface area (Å²) in [6.07, 6.45) is 0. The van der Waals surface area contributed by atoms with Gasteiger partial charge in [0.2, 0.25) is 5.91 Å². The number of benzene rings is 2. The van der Waals surface area contributed by atoms with E-state index in [0.717, 1.165) is 14.8 Å². The van der Waals surface area contributed by atoms with Crippen molar-refractivity contribution in [2.24, 2.45) is 0 Å². The predicted octanol–water partition coefficient (Wildman–Crippen LogP) is 1.41. The first kappa shape index (κ1) is 18.1. The number of rotatable bonds is 5. The molecule has 0 bridgehead atoms. The summed E-state index contributed by atoms with van der Waals surface area (Å²) in [5.41, 5.74) is 0.480. The van der Waals surface area contributed by atoms with E-state index in [2.05, 4.69) is 10.4 Å². The number of hydrogen-bond acceptors (Lipinski definition) is 5. The highest BCUT2D eigenvalue weighted by Gasteiger charge is 2.15. The Morgan fingerprint density at radius 2 is 1.85 bits per heavy atom. The van der Waals surface area contributed by atoms with E-state index in [1.165, 1.54) is 14.0 Å². The smallest absolute Gasteiger partial charge is 0.352 e. The Morgan fingerprint density at radius 3 is 2.52 bits per heavy atom. The molecule has 3 aromatic rings. The summed E-state index contributed by atoms with van der Waals surface area (Å²) in [6, 6.07) is 15.7. The molecule has 8 nitrogen and oxygen atoms in total. The van der Waals surface area contributed by atoms with Gasteiger partial charge < -0.3 is 10.1 Å². The number of nitrogens with zero attached hydrogens (tertiary/aromatic N) is 3. The maximum absolute atomic E-state index is 12.9. The van der Waals surface area contributed by atoms with Crippen LogP contribution in [0.5, 0.6) is 5.88 Å². The SMILES string of the molecule is COc1nn(-c2cccc(NC(C)=O)c2)c(=O)n(Cc2ccccc2)c1=O. The van der Waals surface area contributed by atoms with E-state index < -0.39 is 11.2 Å². The second kappa shape index (κ2) is 7.69. The van der Waals surface area contributed by atoms with Gasteiger partial charge in [0.25, 0.3) is 5.88 Å². The number of nitrogens with one attached hydrogen (secondary N) is 1. The molecule has 8 heteroatoms. The molecule has 0 aliphatic rings. The fraction of sp³-hybridized carbons (Fsp3) is 0.158. The second-order valence-electron chi connectivity index (χ2n) is 5.81. The first-order chi connectivity index (χ1) is 13.0. The van der Waals surface area contributed by atoms with Crippen molar-refractivity contribution in [3.8, 4) is 11.6 Å². The third-order valence-electron chi connectivity index (χ3n) is 3.82. The molecule has 3 rings (SSSR count). The summed E-state index contributed by atoms with van der Waals surface area (Å²) in [6.45, 7) is 1.48. The number of ether oxygens (including phenoxy) is 1. The van der Waals surface area contributed by atoms with Gasteiger partial charge >= 0.3 is 11.2 Å². The third kappa shape index (κ3) is 3.95. The van der Waals surface area contributed by atoms with Crippen molar-refractivity contribution in [2.75, 3.05) is 12.4 Å². The third-order valence-corrected chi connectivity index (χ3v) is 3.82. The first-order valence-corrected chi connectivity index (χ1v) is 8.19. The number of amides is 1. The maximum Gasteiger partial charge on any atom is 0.352 e. The molecule has 0 radical (unpaired) electrons. The van der Waals surface area contributed by atoms with Gasteiger partial charge in [0.1, 0.15) is 0 Å². The van der Waals surface area contributed by atoms with E-state index in [1.807, 2.05) is 30.3 Å². The zero-order chi connectivity index (χ0) is 19.4. The van der Waals surface area contributed by atoms with Gasteiger partial charge in [-0.25, -0.2) is 9.36 Å². The Balaban J connectivity index is 2.14. The quantitative estimate of drug-likeness (QED) is 0.737. The molecule has 27 heavy (non-hydrogen) atoms. The fourth-order valence-electron chi connectivity index (χ4n) is 2.61. The Kier molecular flexibility index (Phi) is 5.16. The van der Waals surface area contributed by atoms with Crippen LogP contribution < -0.4 is 21.3 Å². The largest absolute Gasteiger partial charge is 0.476 e. The molecule has 138 valence electrons.